The van der Waals surface area contributed by atoms with E-state index in [1.54, 1.807) is 48.7 Å². The molecular weight excluding hydrogens is 446 g/mol. The molecule has 0 fully saturated rings. The van der Waals surface area contributed by atoms with Crippen molar-refractivity contribution in [2.24, 2.45) is 0 Å². The Labute approximate surface area is 192 Å². The first-order valence-corrected chi connectivity index (χ1v) is 10.7. The SMILES string of the molecule is O=C(Nc1ccc(Nc2cc(Nc3ccccn3)ncn2)cc1)c1ccccc1SC(F)F. The molecule has 0 aliphatic heterocycles. The van der Waals surface area contributed by atoms with Crippen LogP contribution in [0, 0.1) is 0 Å². The highest BCUT2D eigenvalue weighted by atomic mass is 32.2. The van der Waals surface area contributed by atoms with E-state index in [1.165, 1.54) is 18.5 Å². The van der Waals surface area contributed by atoms with Crippen LogP contribution in [0.15, 0.2) is 90.2 Å². The number of halogens is 2. The summed E-state index contributed by atoms with van der Waals surface area (Å²) in [5.74, 6) is -1.25. The van der Waals surface area contributed by atoms with E-state index in [-0.39, 0.29) is 10.5 Å². The maximum atomic E-state index is 12.8. The predicted molar refractivity (Wildman–Crippen MR) is 126 cm³/mol. The highest BCUT2D eigenvalue weighted by Crippen LogP contribution is 2.29. The fourth-order valence-electron chi connectivity index (χ4n) is 2.90. The summed E-state index contributed by atoms with van der Waals surface area (Å²) in [6.45, 7) is 0. The third-order valence-corrected chi connectivity index (χ3v) is 5.14. The Morgan fingerprint density at radius 2 is 1.48 bits per heavy atom. The number of hydrogen-bond acceptors (Lipinski definition) is 7. The van der Waals surface area contributed by atoms with Gasteiger partial charge in [0.15, 0.2) is 0 Å². The first kappa shape index (κ1) is 22.2. The Morgan fingerprint density at radius 1 is 0.788 bits per heavy atom. The number of pyridine rings is 1. The molecule has 166 valence electrons. The van der Waals surface area contributed by atoms with Gasteiger partial charge in [-0.25, -0.2) is 15.0 Å². The molecule has 1 amide bonds. The second-order valence-corrected chi connectivity index (χ2v) is 7.69. The molecule has 2 aromatic carbocycles. The number of alkyl halides is 2. The Morgan fingerprint density at radius 3 is 2.21 bits per heavy atom. The lowest BCUT2D eigenvalue weighted by molar-refractivity contribution is 0.102. The van der Waals surface area contributed by atoms with Gasteiger partial charge in [0.25, 0.3) is 11.7 Å². The van der Waals surface area contributed by atoms with Crippen molar-refractivity contribution in [1.82, 2.24) is 15.0 Å². The van der Waals surface area contributed by atoms with Gasteiger partial charge in [0, 0.05) is 28.5 Å². The molecule has 0 bridgehead atoms. The molecule has 4 rings (SSSR count). The standard InChI is InChI=1S/C23H18F2N6OS/c24-23(25)33-18-6-2-1-5-17(18)22(32)30-16-10-8-15(9-11-16)29-20-13-21(28-14-27-20)31-19-7-3-4-12-26-19/h1-14,23H,(H,30,32)(H2,26,27,28,29,31). The molecule has 0 aliphatic rings. The number of amides is 1. The molecule has 10 heteroatoms. The Balaban J connectivity index is 1.40. The number of nitrogens with one attached hydrogen (secondary N) is 3. The third kappa shape index (κ3) is 6.23. The summed E-state index contributed by atoms with van der Waals surface area (Å²) < 4.78 is 25.5. The van der Waals surface area contributed by atoms with Crippen LogP contribution in [0.1, 0.15) is 10.4 Å². The highest BCUT2D eigenvalue weighted by Gasteiger charge is 2.15. The number of aromatic nitrogens is 3. The van der Waals surface area contributed by atoms with Crippen molar-refractivity contribution >= 4 is 46.5 Å². The van der Waals surface area contributed by atoms with Gasteiger partial charge in [-0.3, -0.25) is 4.79 Å². The van der Waals surface area contributed by atoms with E-state index >= 15 is 0 Å². The fraction of sp³-hybridized carbons (Fsp3) is 0.0435. The molecule has 0 aliphatic carbocycles. The predicted octanol–water partition coefficient (Wildman–Crippen LogP) is 5.93. The van der Waals surface area contributed by atoms with Crippen molar-refractivity contribution in [2.75, 3.05) is 16.0 Å². The van der Waals surface area contributed by atoms with Crippen LogP contribution in [0.2, 0.25) is 0 Å². The van der Waals surface area contributed by atoms with Crippen LogP contribution in [-0.4, -0.2) is 26.6 Å². The van der Waals surface area contributed by atoms with Crippen LogP contribution >= 0.6 is 11.8 Å². The number of thioether (sulfide) groups is 1. The quantitative estimate of drug-likeness (QED) is 0.279. The summed E-state index contributed by atoms with van der Waals surface area (Å²) in [6, 6.07) is 20.5. The molecule has 0 radical (unpaired) electrons. The van der Waals surface area contributed by atoms with Crippen LogP contribution in [0.25, 0.3) is 0 Å². The first-order chi connectivity index (χ1) is 16.1. The maximum Gasteiger partial charge on any atom is 0.288 e. The second-order valence-electron chi connectivity index (χ2n) is 6.66. The molecule has 33 heavy (non-hydrogen) atoms. The van der Waals surface area contributed by atoms with Gasteiger partial charge >= 0.3 is 0 Å². The van der Waals surface area contributed by atoms with E-state index < -0.39 is 11.7 Å². The van der Waals surface area contributed by atoms with Crippen LogP contribution in [0.4, 0.5) is 37.6 Å². The number of rotatable bonds is 8. The lowest BCUT2D eigenvalue weighted by Crippen LogP contribution is -2.13. The summed E-state index contributed by atoms with van der Waals surface area (Å²) in [6.07, 6.45) is 3.11. The van der Waals surface area contributed by atoms with Gasteiger partial charge in [0.05, 0.1) is 5.56 Å². The molecule has 4 aromatic rings. The lowest BCUT2D eigenvalue weighted by atomic mass is 10.2. The van der Waals surface area contributed by atoms with Crippen molar-refractivity contribution in [2.45, 2.75) is 10.7 Å². The third-order valence-electron chi connectivity index (χ3n) is 4.35. The number of nitrogens with zero attached hydrogens (tertiary/aromatic N) is 3. The molecule has 2 heterocycles. The molecule has 0 unspecified atom stereocenters. The van der Waals surface area contributed by atoms with Crippen molar-refractivity contribution < 1.29 is 13.6 Å². The number of hydrogen-bond donors (Lipinski definition) is 3. The van der Waals surface area contributed by atoms with Crippen molar-refractivity contribution in [3.05, 3.63) is 90.9 Å². The molecule has 0 saturated carbocycles. The summed E-state index contributed by atoms with van der Waals surface area (Å²) in [4.78, 5) is 25.4. The summed E-state index contributed by atoms with van der Waals surface area (Å²) in [7, 11) is 0. The van der Waals surface area contributed by atoms with Crippen LogP contribution in [0.5, 0.6) is 0 Å². The average Bonchev–Trinajstić information content (AvgIpc) is 2.81. The van der Waals surface area contributed by atoms with Gasteiger partial charge < -0.3 is 16.0 Å². The first-order valence-electron chi connectivity index (χ1n) is 9.79. The Bertz CT molecular complexity index is 1230. The minimum atomic E-state index is -2.61. The number of carbonyl (C=O) groups excluding carboxylic acids is 1. The molecule has 3 N–H and O–H groups in total. The Kier molecular flexibility index (Phi) is 7.06. The zero-order chi connectivity index (χ0) is 23.0. The van der Waals surface area contributed by atoms with Gasteiger partial charge in [-0.2, -0.15) is 8.78 Å². The van der Waals surface area contributed by atoms with E-state index in [0.717, 1.165) is 5.69 Å². The van der Waals surface area contributed by atoms with E-state index in [1.807, 2.05) is 18.2 Å². The normalized spacial score (nSPS) is 10.6. The van der Waals surface area contributed by atoms with Crippen LogP contribution in [0.3, 0.4) is 0 Å². The van der Waals surface area contributed by atoms with Crippen LogP contribution < -0.4 is 16.0 Å². The second kappa shape index (κ2) is 10.5. The van der Waals surface area contributed by atoms with Gasteiger partial charge in [-0.05, 0) is 48.5 Å². The van der Waals surface area contributed by atoms with Gasteiger partial charge in [0.2, 0.25) is 0 Å². The molecule has 7 nitrogen and oxygen atoms in total. The minimum Gasteiger partial charge on any atom is -0.340 e. The minimum absolute atomic E-state index is 0.193. The summed E-state index contributed by atoms with van der Waals surface area (Å²) in [5.41, 5.74) is 1.46. The average molecular weight is 465 g/mol. The highest BCUT2D eigenvalue weighted by molar-refractivity contribution is 7.99. The molecular formula is C23H18F2N6OS. The molecule has 0 spiro atoms. The van der Waals surface area contributed by atoms with Crippen molar-refractivity contribution in [3.63, 3.8) is 0 Å². The van der Waals surface area contributed by atoms with Crippen molar-refractivity contribution in [3.8, 4) is 0 Å². The zero-order valence-electron chi connectivity index (χ0n) is 17.1. The topological polar surface area (TPSA) is 91.8 Å². The number of carbonyl (C=O) groups is 1. The van der Waals surface area contributed by atoms with E-state index in [0.29, 0.717) is 34.9 Å². The van der Waals surface area contributed by atoms with E-state index in [2.05, 4.69) is 30.9 Å². The van der Waals surface area contributed by atoms with E-state index in [4.69, 9.17) is 0 Å². The van der Waals surface area contributed by atoms with Crippen molar-refractivity contribution in [1.29, 1.82) is 0 Å². The number of benzene rings is 2. The van der Waals surface area contributed by atoms with Crippen LogP contribution in [-0.2, 0) is 0 Å². The van der Waals surface area contributed by atoms with Gasteiger partial charge in [0.1, 0.15) is 23.8 Å². The van der Waals surface area contributed by atoms with Gasteiger partial charge in [-0.15, -0.1) is 0 Å². The maximum absolute atomic E-state index is 12.8. The monoisotopic (exact) mass is 464 g/mol. The molecule has 0 saturated heterocycles. The fourth-order valence-corrected chi connectivity index (χ4v) is 3.53. The number of anilines is 5. The molecule has 2 aromatic heterocycles. The molecule has 0 atom stereocenters. The Hall–Kier alpha value is -4.05. The largest absolute Gasteiger partial charge is 0.340 e. The lowest BCUT2D eigenvalue weighted by Gasteiger charge is -2.11. The summed E-state index contributed by atoms with van der Waals surface area (Å²) >= 11 is 0.344. The zero-order valence-corrected chi connectivity index (χ0v) is 17.9. The smallest absolute Gasteiger partial charge is 0.288 e. The summed E-state index contributed by atoms with van der Waals surface area (Å²) in [5, 5.41) is 8.99. The van der Waals surface area contributed by atoms with E-state index in [9.17, 15) is 13.6 Å². The van der Waals surface area contributed by atoms with Gasteiger partial charge in [-0.1, -0.05) is 30.0 Å².